The van der Waals surface area contributed by atoms with Crippen LogP contribution < -0.4 is 9.47 Å². The van der Waals surface area contributed by atoms with Crippen molar-refractivity contribution in [1.82, 2.24) is 0 Å². The van der Waals surface area contributed by atoms with Crippen LogP contribution in [0.2, 0.25) is 0 Å². The van der Waals surface area contributed by atoms with E-state index in [-0.39, 0.29) is 28.4 Å². The lowest BCUT2D eigenvalue weighted by Gasteiger charge is -2.09. The van der Waals surface area contributed by atoms with Crippen LogP contribution in [-0.2, 0) is 0 Å². The van der Waals surface area contributed by atoms with Crippen molar-refractivity contribution >= 4 is 12.3 Å². The van der Waals surface area contributed by atoms with Crippen LogP contribution in [0.3, 0.4) is 0 Å². The first-order valence-corrected chi connectivity index (χ1v) is 11.5. The smallest absolute Gasteiger partial charge is 0.343 e. The van der Waals surface area contributed by atoms with Gasteiger partial charge in [0, 0.05) is 6.07 Å². The van der Waals surface area contributed by atoms with Gasteiger partial charge in [-0.05, 0) is 36.8 Å². The molecule has 0 aliphatic rings. The molecule has 0 fully saturated rings. The van der Waals surface area contributed by atoms with Crippen LogP contribution in [0, 0.1) is 5.82 Å². The number of esters is 1. The maximum atomic E-state index is 14.3. The summed E-state index contributed by atoms with van der Waals surface area (Å²) in [6, 6.07) is 7.77. The molecule has 1 N–H and O–H groups in total. The summed E-state index contributed by atoms with van der Waals surface area (Å²) in [6.07, 6.45) is 12.6. The van der Waals surface area contributed by atoms with E-state index in [1.54, 1.807) is 0 Å². The zero-order chi connectivity index (χ0) is 23.2. The summed E-state index contributed by atoms with van der Waals surface area (Å²) in [4.78, 5) is 22.9. The quantitative estimate of drug-likeness (QED) is 0.141. The van der Waals surface area contributed by atoms with Crippen molar-refractivity contribution in [2.24, 2.45) is 0 Å². The Kier molecular flexibility index (Phi) is 11.3. The molecule has 0 heterocycles. The second kappa shape index (κ2) is 14.2. The van der Waals surface area contributed by atoms with E-state index in [2.05, 4.69) is 6.92 Å². The van der Waals surface area contributed by atoms with E-state index < -0.39 is 11.8 Å². The van der Waals surface area contributed by atoms with Crippen molar-refractivity contribution in [3.05, 3.63) is 53.3 Å². The molecule has 0 spiro atoms. The number of halogens is 1. The molecule has 0 unspecified atom stereocenters. The van der Waals surface area contributed by atoms with Crippen molar-refractivity contribution in [3.8, 4) is 17.2 Å². The fourth-order valence-electron chi connectivity index (χ4n) is 3.37. The molecule has 0 aromatic heterocycles. The summed E-state index contributed by atoms with van der Waals surface area (Å²) in [6.45, 7) is 2.65. The van der Waals surface area contributed by atoms with Crippen molar-refractivity contribution in [1.29, 1.82) is 0 Å². The molecule has 0 aliphatic heterocycles. The van der Waals surface area contributed by atoms with Gasteiger partial charge in [0.15, 0.2) is 17.9 Å². The minimum absolute atomic E-state index is 0.0211. The van der Waals surface area contributed by atoms with E-state index in [9.17, 15) is 19.1 Å². The highest BCUT2D eigenvalue weighted by molar-refractivity contribution is 5.91. The van der Waals surface area contributed by atoms with Crippen molar-refractivity contribution in [3.63, 3.8) is 0 Å². The average Bonchev–Trinajstić information content (AvgIpc) is 2.78. The average molecular weight is 445 g/mol. The largest absolute Gasteiger partial charge is 0.507 e. The summed E-state index contributed by atoms with van der Waals surface area (Å²) in [5, 5.41) is 9.66. The number of unbranched alkanes of at least 4 members (excludes halogenated alkanes) is 9. The van der Waals surface area contributed by atoms with Crippen LogP contribution in [0.4, 0.5) is 4.39 Å². The Morgan fingerprint density at radius 2 is 1.59 bits per heavy atom. The Labute approximate surface area is 189 Å². The van der Waals surface area contributed by atoms with Gasteiger partial charge in [-0.15, -0.1) is 0 Å². The van der Waals surface area contributed by atoms with Gasteiger partial charge < -0.3 is 14.6 Å². The van der Waals surface area contributed by atoms with Gasteiger partial charge in [-0.3, -0.25) is 4.79 Å². The number of aldehydes is 1. The Balaban J connectivity index is 1.70. The molecule has 0 aliphatic carbocycles. The van der Waals surface area contributed by atoms with E-state index in [0.29, 0.717) is 12.9 Å². The number of carbonyl (C=O) groups is 2. The van der Waals surface area contributed by atoms with Crippen molar-refractivity contribution in [2.75, 3.05) is 6.61 Å². The third kappa shape index (κ3) is 8.69. The van der Waals surface area contributed by atoms with Crippen LogP contribution in [0.15, 0.2) is 36.4 Å². The lowest BCUT2D eigenvalue weighted by atomic mass is 10.1. The standard InChI is InChI=1S/C26H33FO5/c1-2-3-4-5-6-7-8-9-10-11-16-31-25-15-13-20(17-23(25)27)26(30)32-22-14-12-21(19-28)24(29)18-22/h12-15,17-19,29H,2-11,16H2,1H3. The van der Waals surface area contributed by atoms with Crippen LogP contribution in [0.25, 0.3) is 0 Å². The van der Waals surface area contributed by atoms with Gasteiger partial charge in [0.05, 0.1) is 17.7 Å². The minimum Gasteiger partial charge on any atom is -0.507 e. The summed E-state index contributed by atoms with van der Waals surface area (Å²) in [7, 11) is 0. The van der Waals surface area contributed by atoms with Crippen LogP contribution in [0.5, 0.6) is 17.2 Å². The molecular formula is C26H33FO5. The fraction of sp³-hybridized carbons (Fsp3) is 0.462. The van der Waals surface area contributed by atoms with Gasteiger partial charge in [0.2, 0.25) is 0 Å². The first-order chi connectivity index (χ1) is 15.5. The number of rotatable bonds is 15. The van der Waals surface area contributed by atoms with E-state index in [0.717, 1.165) is 31.4 Å². The minimum atomic E-state index is -0.775. The first kappa shape index (κ1) is 25.4. The van der Waals surface area contributed by atoms with Gasteiger partial charge in [-0.1, -0.05) is 64.7 Å². The lowest BCUT2D eigenvalue weighted by Crippen LogP contribution is -2.09. The maximum absolute atomic E-state index is 14.3. The van der Waals surface area contributed by atoms with Crippen molar-refractivity contribution in [2.45, 2.75) is 71.1 Å². The second-order valence-corrected chi connectivity index (χ2v) is 7.90. The SMILES string of the molecule is CCCCCCCCCCCCOc1ccc(C(=O)Oc2ccc(C=O)c(O)c2)cc1F. The highest BCUT2D eigenvalue weighted by Crippen LogP contribution is 2.24. The molecule has 0 saturated carbocycles. The van der Waals surface area contributed by atoms with Gasteiger partial charge in [0.25, 0.3) is 0 Å². The normalized spacial score (nSPS) is 10.7. The number of phenols is 1. The molecule has 2 aromatic rings. The molecule has 2 rings (SSSR count). The van der Waals surface area contributed by atoms with E-state index >= 15 is 0 Å². The molecule has 0 saturated heterocycles. The van der Waals surface area contributed by atoms with E-state index in [1.807, 2.05) is 0 Å². The summed E-state index contributed by atoms with van der Waals surface area (Å²) < 4.78 is 24.9. The summed E-state index contributed by atoms with van der Waals surface area (Å²) >= 11 is 0. The van der Waals surface area contributed by atoms with Gasteiger partial charge in [0.1, 0.15) is 11.5 Å². The number of aromatic hydroxyl groups is 1. The fourth-order valence-corrected chi connectivity index (χ4v) is 3.37. The highest BCUT2D eigenvalue weighted by Gasteiger charge is 2.14. The van der Waals surface area contributed by atoms with Crippen LogP contribution >= 0.6 is 0 Å². The van der Waals surface area contributed by atoms with Crippen LogP contribution in [0.1, 0.15) is 91.8 Å². The number of ether oxygens (including phenoxy) is 2. The monoisotopic (exact) mass is 444 g/mol. The molecule has 0 bridgehead atoms. The predicted molar refractivity (Wildman–Crippen MR) is 122 cm³/mol. The molecule has 6 heteroatoms. The Morgan fingerprint density at radius 1 is 0.938 bits per heavy atom. The Bertz CT molecular complexity index is 865. The number of carbonyl (C=O) groups excluding carboxylic acids is 2. The lowest BCUT2D eigenvalue weighted by molar-refractivity contribution is 0.0734. The predicted octanol–water partition coefficient (Wildman–Crippen LogP) is 6.86. The topological polar surface area (TPSA) is 72.8 Å². The molecule has 0 radical (unpaired) electrons. The zero-order valence-electron chi connectivity index (χ0n) is 18.8. The van der Waals surface area contributed by atoms with E-state index in [1.165, 1.54) is 69.2 Å². The van der Waals surface area contributed by atoms with Crippen LogP contribution in [-0.4, -0.2) is 24.0 Å². The Morgan fingerprint density at radius 3 is 2.19 bits per heavy atom. The Hall–Kier alpha value is -2.89. The van der Waals surface area contributed by atoms with Crippen molar-refractivity contribution < 1.29 is 28.6 Å². The van der Waals surface area contributed by atoms with Gasteiger partial charge >= 0.3 is 5.97 Å². The highest BCUT2D eigenvalue weighted by atomic mass is 19.1. The number of hydrogen-bond donors (Lipinski definition) is 1. The first-order valence-electron chi connectivity index (χ1n) is 11.5. The third-order valence-corrected chi connectivity index (χ3v) is 5.26. The molecule has 174 valence electrons. The van der Waals surface area contributed by atoms with Gasteiger partial charge in [-0.2, -0.15) is 0 Å². The summed E-state index contributed by atoms with van der Waals surface area (Å²) in [5.74, 6) is -1.55. The molecule has 2 aromatic carbocycles. The molecule has 0 atom stereocenters. The van der Waals surface area contributed by atoms with Gasteiger partial charge in [-0.25, -0.2) is 9.18 Å². The maximum Gasteiger partial charge on any atom is 0.343 e. The second-order valence-electron chi connectivity index (χ2n) is 7.90. The third-order valence-electron chi connectivity index (χ3n) is 5.26. The zero-order valence-corrected chi connectivity index (χ0v) is 18.8. The van der Waals surface area contributed by atoms with E-state index in [4.69, 9.17) is 9.47 Å². The summed E-state index contributed by atoms with van der Waals surface area (Å²) in [5.41, 5.74) is 0.104. The molecule has 0 amide bonds. The number of benzene rings is 2. The molecule has 5 nitrogen and oxygen atoms in total. The number of phenolic OH excluding ortho intramolecular Hbond substituents is 1. The number of hydrogen-bond acceptors (Lipinski definition) is 5. The molecule has 32 heavy (non-hydrogen) atoms. The molecular weight excluding hydrogens is 411 g/mol.